The van der Waals surface area contributed by atoms with Crippen molar-refractivity contribution in [1.29, 1.82) is 0 Å². The van der Waals surface area contributed by atoms with Gasteiger partial charge in [0.2, 0.25) is 5.91 Å². The van der Waals surface area contributed by atoms with Gasteiger partial charge in [0.05, 0.1) is 0 Å². The van der Waals surface area contributed by atoms with Crippen molar-refractivity contribution in [2.24, 2.45) is 28.0 Å². The second-order valence-electron chi connectivity index (χ2n) is 8.13. The molecule has 1 N–H and O–H groups in total. The first kappa shape index (κ1) is 14.2. The van der Waals surface area contributed by atoms with E-state index < -0.39 is 0 Å². The summed E-state index contributed by atoms with van der Waals surface area (Å²) >= 11 is 0. The molecule has 4 bridgehead atoms. The Hall–Kier alpha value is -1.37. The lowest BCUT2D eigenvalue weighted by molar-refractivity contribution is -0.127. The van der Waals surface area contributed by atoms with E-state index in [2.05, 4.69) is 21.5 Å². The summed E-state index contributed by atoms with van der Waals surface area (Å²) in [4.78, 5) is 12.4. The number of carbonyl (C=O) groups excluding carboxylic acids is 1. The summed E-state index contributed by atoms with van der Waals surface area (Å²) in [6.45, 7) is 0. The summed E-state index contributed by atoms with van der Waals surface area (Å²) in [5.41, 5.74) is -0.208. The first-order chi connectivity index (χ1) is 10.6. The van der Waals surface area contributed by atoms with Gasteiger partial charge in [-0.15, -0.1) is 12.3 Å². The lowest BCUT2D eigenvalue weighted by Gasteiger charge is -2.57. The highest BCUT2D eigenvalue weighted by Crippen LogP contribution is 2.55. The predicted molar refractivity (Wildman–Crippen MR) is 83.9 cm³/mol. The summed E-state index contributed by atoms with van der Waals surface area (Å²) in [6, 6.07) is 0. The highest BCUT2D eigenvalue weighted by atomic mass is 16.1. The third kappa shape index (κ3) is 2.66. The highest BCUT2D eigenvalue weighted by Gasteiger charge is 2.51. The van der Waals surface area contributed by atoms with Crippen LogP contribution in [-0.2, 0) is 4.79 Å². The van der Waals surface area contributed by atoms with Gasteiger partial charge in [0.1, 0.15) is 0 Å². The molecule has 0 aromatic carbocycles. The summed E-state index contributed by atoms with van der Waals surface area (Å²) in [6.07, 6.45) is 15.9. The maximum Gasteiger partial charge on any atom is 0.220 e. The molecule has 118 valence electrons. The Morgan fingerprint density at radius 3 is 2.18 bits per heavy atom. The van der Waals surface area contributed by atoms with Gasteiger partial charge in [0.25, 0.3) is 0 Å². The van der Waals surface area contributed by atoms with Crippen LogP contribution in [0.5, 0.6) is 0 Å². The molecule has 0 saturated heterocycles. The maximum absolute atomic E-state index is 12.4. The number of terminal acetylenes is 1. The van der Waals surface area contributed by atoms with Crippen LogP contribution < -0.4 is 5.32 Å². The fourth-order valence-corrected chi connectivity index (χ4v) is 5.60. The van der Waals surface area contributed by atoms with E-state index in [0.29, 0.717) is 19.3 Å². The Morgan fingerprint density at radius 1 is 1.09 bits per heavy atom. The average Bonchev–Trinajstić information content (AvgIpc) is 3.22. The summed E-state index contributed by atoms with van der Waals surface area (Å²) in [7, 11) is 0. The minimum Gasteiger partial charge on any atom is -0.351 e. The molecule has 1 amide bonds. The fourth-order valence-electron chi connectivity index (χ4n) is 5.60. The van der Waals surface area contributed by atoms with Gasteiger partial charge in [-0.25, -0.2) is 0 Å². The molecule has 0 unspecified atom stereocenters. The van der Waals surface area contributed by atoms with Crippen molar-refractivity contribution in [3.8, 4) is 12.3 Å². The first-order valence-corrected chi connectivity index (χ1v) is 8.79. The van der Waals surface area contributed by atoms with Crippen molar-refractivity contribution >= 4 is 5.91 Å². The molecule has 1 aliphatic heterocycles. The Bertz CT molecular complexity index is 504. The Kier molecular flexibility index (Phi) is 3.29. The molecule has 0 aromatic heterocycles. The third-order valence-electron chi connectivity index (χ3n) is 6.25. The van der Waals surface area contributed by atoms with Crippen LogP contribution in [0.15, 0.2) is 10.2 Å². The van der Waals surface area contributed by atoms with Gasteiger partial charge >= 0.3 is 0 Å². The molecule has 0 spiro atoms. The predicted octanol–water partition coefficient (Wildman–Crippen LogP) is 3.43. The van der Waals surface area contributed by atoms with E-state index in [4.69, 9.17) is 6.42 Å². The van der Waals surface area contributed by atoms with Crippen LogP contribution in [-0.4, -0.2) is 17.1 Å². The van der Waals surface area contributed by atoms with Gasteiger partial charge in [-0.1, -0.05) is 0 Å². The molecule has 4 nitrogen and oxygen atoms in total. The van der Waals surface area contributed by atoms with Gasteiger partial charge in [-0.3, -0.25) is 4.79 Å². The minimum atomic E-state index is -0.328. The van der Waals surface area contributed by atoms with E-state index >= 15 is 0 Å². The zero-order chi connectivity index (χ0) is 15.2. The lowest BCUT2D eigenvalue weighted by atomic mass is 9.53. The van der Waals surface area contributed by atoms with E-state index in [-0.39, 0.29) is 17.1 Å². The second-order valence-corrected chi connectivity index (χ2v) is 8.13. The second kappa shape index (κ2) is 5.08. The number of nitrogens with zero attached hydrogens (tertiary/aromatic N) is 2. The maximum atomic E-state index is 12.4. The van der Waals surface area contributed by atoms with Crippen LogP contribution in [0.2, 0.25) is 0 Å². The molecule has 0 aromatic rings. The van der Waals surface area contributed by atoms with Gasteiger partial charge in [0, 0.05) is 31.2 Å². The number of nitrogens with one attached hydrogen (secondary N) is 1. The van der Waals surface area contributed by atoms with Crippen LogP contribution in [0, 0.1) is 30.1 Å². The normalized spacial score (nSPS) is 39.5. The topological polar surface area (TPSA) is 53.8 Å². The van der Waals surface area contributed by atoms with Gasteiger partial charge in [-0.05, 0) is 56.3 Å². The van der Waals surface area contributed by atoms with Crippen LogP contribution in [0.3, 0.4) is 0 Å². The largest absolute Gasteiger partial charge is 0.351 e. The van der Waals surface area contributed by atoms with Crippen molar-refractivity contribution in [1.82, 2.24) is 5.32 Å². The summed E-state index contributed by atoms with van der Waals surface area (Å²) in [5.74, 6) is 5.42. The number of hydrogen-bond donors (Lipinski definition) is 1. The summed E-state index contributed by atoms with van der Waals surface area (Å²) < 4.78 is 0. The van der Waals surface area contributed by atoms with E-state index in [1.165, 1.54) is 38.5 Å². The SMILES string of the molecule is C#CCCC1(CCC(=O)NC23CC4CC(CC(C4)C2)C3)N=N1. The third-order valence-corrected chi connectivity index (χ3v) is 6.25. The zero-order valence-electron chi connectivity index (χ0n) is 13.2. The van der Waals surface area contributed by atoms with Crippen LogP contribution >= 0.6 is 0 Å². The fraction of sp³-hybridized carbons (Fsp3) is 0.833. The van der Waals surface area contributed by atoms with E-state index in [9.17, 15) is 4.79 Å². The van der Waals surface area contributed by atoms with Crippen LogP contribution in [0.25, 0.3) is 0 Å². The molecule has 22 heavy (non-hydrogen) atoms. The van der Waals surface area contributed by atoms with Gasteiger partial charge in [-0.2, -0.15) is 10.2 Å². The number of amides is 1. The van der Waals surface area contributed by atoms with Gasteiger partial charge in [0.15, 0.2) is 5.66 Å². The lowest BCUT2D eigenvalue weighted by Crippen LogP contribution is -2.59. The molecule has 5 aliphatic rings. The minimum absolute atomic E-state index is 0.121. The van der Waals surface area contributed by atoms with E-state index in [1.807, 2.05) is 0 Å². The molecular formula is C18H25N3O. The molecule has 1 heterocycles. The average molecular weight is 299 g/mol. The number of carbonyl (C=O) groups is 1. The Morgan fingerprint density at radius 2 is 1.68 bits per heavy atom. The van der Waals surface area contributed by atoms with E-state index in [1.54, 1.807) is 0 Å². The summed E-state index contributed by atoms with van der Waals surface area (Å²) in [5, 5.41) is 11.7. The quantitative estimate of drug-likeness (QED) is 0.751. The standard InChI is InChI=1S/C18H25N3O/c1-2-3-5-18(20-21-18)6-4-16(22)19-17-10-13-7-14(11-17)9-15(8-13)12-17/h1,13-15H,3-12H2,(H,19,22). The Labute approximate surface area is 132 Å². The van der Waals surface area contributed by atoms with Gasteiger partial charge < -0.3 is 5.32 Å². The molecule has 0 radical (unpaired) electrons. The van der Waals surface area contributed by atoms with Crippen molar-refractivity contribution in [2.75, 3.05) is 0 Å². The van der Waals surface area contributed by atoms with Crippen LogP contribution in [0.1, 0.15) is 64.2 Å². The molecule has 4 heteroatoms. The first-order valence-electron chi connectivity index (χ1n) is 8.79. The molecule has 4 aliphatic carbocycles. The van der Waals surface area contributed by atoms with Crippen molar-refractivity contribution < 1.29 is 4.79 Å². The van der Waals surface area contributed by atoms with Crippen molar-refractivity contribution in [2.45, 2.75) is 75.4 Å². The number of hydrogen-bond acceptors (Lipinski definition) is 3. The smallest absolute Gasteiger partial charge is 0.220 e. The molecule has 5 rings (SSSR count). The monoisotopic (exact) mass is 299 g/mol. The van der Waals surface area contributed by atoms with Crippen LogP contribution in [0.4, 0.5) is 0 Å². The number of rotatable bonds is 6. The van der Waals surface area contributed by atoms with Crippen molar-refractivity contribution in [3.05, 3.63) is 0 Å². The highest BCUT2D eigenvalue weighted by molar-refractivity contribution is 5.77. The molecule has 4 saturated carbocycles. The zero-order valence-corrected chi connectivity index (χ0v) is 13.2. The Balaban J connectivity index is 1.30. The van der Waals surface area contributed by atoms with E-state index in [0.717, 1.165) is 24.2 Å². The molecule has 0 atom stereocenters. The molecular weight excluding hydrogens is 274 g/mol. The molecule has 4 fully saturated rings. The van der Waals surface area contributed by atoms with Crippen molar-refractivity contribution in [3.63, 3.8) is 0 Å².